The number of phenols is 1. The summed E-state index contributed by atoms with van der Waals surface area (Å²) in [5.41, 5.74) is 2.00. The highest BCUT2D eigenvalue weighted by atomic mass is 16.5. The van der Waals surface area contributed by atoms with Gasteiger partial charge in [-0.3, -0.25) is 9.59 Å². The number of carbonyl (C=O) groups excluding carboxylic acids is 2. The maximum Gasteiger partial charge on any atom is 0.302 e. The minimum atomic E-state index is -0.325. The Kier molecular flexibility index (Phi) is 2.88. The van der Waals surface area contributed by atoms with Crippen LogP contribution >= 0.6 is 0 Å². The molecule has 1 aliphatic rings. The molecule has 0 bridgehead atoms. The summed E-state index contributed by atoms with van der Waals surface area (Å²) in [5, 5.41) is 9.97. The number of hydrogen-bond acceptors (Lipinski definition) is 4. The molecule has 1 aromatic carbocycles. The van der Waals surface area contributed by atoms with Gasteiger partial charge in [-0.05, 0) is 18.6 Å². The van der Waals surface area contributed by atoms with Gasteiger partial charge in [0.15, 0.2) is 5.78 Å². The third-order valence-corrected chi connectivity index (χ3v) is 2.97. The molecule has 4 nitrogen and oxygen atoms in total. The normalized spacial score (nSPS) is 17.6. The van der Waals surface area contributed by atoms with E-state index in [0.29, 0.717) is 18.4 Å². The summed E-state index contributed by atoms with van der Waals surface area (Å²) in [4.78, 5) is 22.2. The lowest BCUT2D eigenvalue weighted by Gasteiger charge is -2.08. The van der Waals surface area contributed by atoms with Crippen molar-refractivity contribution >= 4 is 11.8 Å². The van der Waals surface area contributed by atoms with Crippen molar-refractivity contribution in [3.8, 4) is 5.75 Å². The van der Waals surface area contributed by atoms with Crippen molar-refractivity contribution < 1.29 is 19.4 Å². The summed E-state index contributed by atoms with van der Waals surface area (Å²) in [6, 6.07) is 3.43. The van der Waals surface area contributed by atoms with Crippen LogP contribution in [-0.4, -0.2) is 23.0 Å². The molecular formula is C13H14O4. The van der Waals surface area contributed by atoms with E-state index in [0.717, 1.165) is 11.1 Å². The van der Waals surface area contributed by atoms with Crippen LogP contribution in [0.1, 0.15) is 35.3 Å². The largest absolute Gasteiger partial charge is 0.507 e. The maximum atomic E-state index is 11.3. The molecule has 0 saturated heterocycles. The number of aromatic hydroxyl groups is 1. The summed E-state index contributed by atoms with van der Waals surface area (Å²) in [5.74, 6) is -0.458. The molecular weight excluding hydrogens is 220 g/mol. The van der Waals surface area contributed by atoms with Gasteiger partial charge in [-0.2, -0.15) is 0 Å². The topological polar surface area (TPSA) is 63.6 Å². The fourth-order valence-corrected chi connectivity index (χ4v) is 2.24. The monoisotopic (exact) mass is 234 g/mol. The fourth-order valence-electron chi connectivity index (χ4n) is 2.24. The van der Waals surface area contributed by atoms with Gasteiger partial charge in [0, 0.05) is 25.3 Å². The van der Waals surface area contributed by atoms with E-state index in [1.165, 1.54) is 13.8 Å². The number of rotatable bonds is 2. The Morgan fingerprint density at radius 3 is 2.59 bits per heavy atom. The van der Waals surface area contributed by atoms with Gasteiger partial charge in [0.25, 0.3) is 0 Å². The van der Waals surface area contributed by atoms with Crippen molar-refractivity contribution in [3.63, 3.8) is 0 Å². The third kappa shape index (κ3) is 2.16. The van der Waals surface area contributed by atoms with E-state index < -0.39 is 0 Å². The number of hydrogen-bond donors (Lipinski definition) is 1. The summed E-state index contributed by atoms with van der Waals surface area (Å²) in [7, 11) is 0. The van der Waals surface area contributed by atoms with E-state index in [-0.39, 0.29) is 23.6 Å². The number of ether oxygens (including phenoxy) is 1. The molecule has 0 spiro atoms. The Labute approximate surface area is 99.2 Å². The highest BCUT2D eigenvalue weighted by Gasteiger charge is 2.27. The summed E-state index contributed by atoms with van der Waals surface area (Å²) >= 11 is 0. The Bertz CT molecular complexity index is 490. The van der Waals surface area contributed by atoms with Crippen molar-refractivity contribution in [2.45, 2.75) is 32.8 Å². The minimum Gasteiger partial charge on any atom is -0.507 e. The predicted octanol–water partition coefficient (Wildman–Crippen LogP) is 1.63. The zero-order chi connectivity index (χ0) is 12.6. The molecule has 0 aromatic heterocycles. The van der Waals surface area contributed by atoms with E-state index in [1.54, 1.807) is 6.07 Å². The first-order valence-electron chi connectivity index (χ1n) is 5.51. The highest BCUT2D eigenvalue weighted by molar-refractivity contribution is 5.97. The lowest BCUT2D eigenvalue weighted by molar-refractivity contribution is -0.145. The minimum absolute atomic E-state index is 0.0321. The van der Waals surface area contributed by atoms with Gasteiger partial charge < -0.3 is 9.84 Å². The van der Waals surface area contributed by atoms with Crippen LogP contribution in [0.15, 0.2) is 12.1 Å². The molecule has 0 radical (unpaired) electrons. The number of benzene rings is 1. The standard InChI is InChI=1S/C13H14O4/c1-7(14)11-4-3-9-5-10(17-8(2)15)6-12(9)13(11)16/h3-4,10,16H,5-6H2,1-2H3. The summed E-state index contributed by atoms with van der Waals surface area (Å²) < 4.78 is 5.11. The molecule has 4 heteroatoms. The van der Waals surface area contributed by atoms with Gasteiger partial charge in [0.2, 0.25) is 0 Å². The third-order valence-electron chi connectivity index (χ3n) is 2.97. The van der Waals surface area contributed by atoms with E-state index in [4.69, 9.17) is 4.74 Å². The molecule has 0 saturated carbocycles. The van der Waals surface area contributed by atoms with Crippen molar-refractivity contribution in [2.24, 2.45) is 0 Å². The van der Waals surface area contributed by atoms with Crippen molar-refractivity contribution in [1.82, 2.24) is 0 Å². The van der Waals surface area contributed by atoms with Gasteiger partial charge in [-0.25, -0.2) is 0 Å². The van der Waals surface area contributed by atoms with Crippen LogP contribution in [0.4, 0.5) is 0 Å². The van der Waals surface area contributed by atoms with E-state index in [1.807, 2.05) is 6.07 Å². The average Bonchev–Trinajstić information content (AvgIpc) is 2.60. The Morgan fingerprint density at radius 2 is 2.00 bits per heavy atom. The predicted molar refractivity (Wildman–Crippen MR) is 61.1 cm³/mol. The molecule has 1 aromatic rings. The number of Topliss-reactive ketones (excluding diaryl/α,β-unsaturated/α-hetero) is 1. The Balaban J connectivity index is 2.30. The van der Waals surface area contributed by atoms with Gasteiger partial charge >= 0.3 is 5.97 Å². The second-order valence-electron chi connectivity index (χ2n) is 4.30. The van der Waals surface area contributed by atoms with Crippen LogP contribution < -0.4 is 0 Å². The van der Waals surface area contributed by atoms with Crippen molar-refractivity contribution in [3.05, 3.63) is 28.8 Å². The molecule has 2 rings (SSSR count). The molecule has 1 aliphatic carbocycles. The number of fused-ring (bicyclic) bond motifs is 1. The quantitative estimate of drug-likeness (QED) is 0.624. The first-order valence-corrected chi connectivity index (χ1v) is 5.51. The fraction of sp³-hybridized carbons (Fsp3) is 0.385. The zero-order valence-electron chi connectivity index (χ0n) is 9.82. The van der Waals surface area contributed by atoms with E-state index in [9.17, 15) is 14.7 Å². The van der Waals surface area contributed by atoms with Crippen LogP contribution in [0.2, 0.25) is 0 Å². The molecule has 0 heterocycles. The number of ketones is 1. The zero-order valence-corrected chi connectivity index (χ0v) is 9.82. The summed E-state index contributed by atoms with van der Waals surface area (Å²) in [6.07, 6.45) is 0.846. The molecule has 1 N–H and O–H groups in total. The number of carbonyl (C=O) groups is 2. The number of esters is 1. The first-order chi connectivity index (χ1) is 7.99. The van der Waals surface area contributed by atoms with Crippen LogP contribution in [0.3, 0.4) is 0 Å². The van der Waals surface area contributed by atoms with Crippen LogP contribution in [0.5, 0.6) is 5.75 Å². The van der Waals surface area contributed by atoms with Crippen molar-refractivity contribution in [2.75, 3.05) is 0 Å². The van der Waals surface area contributed by atoms with Gasteiger partial charge in [0.05, 0.1) is 5.56 Å². The van der Waals surface area contributed by atoms with Gasteiger partial charge in [-0.15, -0.1) is 0 Å². The van der Waals surface area contributed by atoms with E-state index >= 15 is 0 Å². The Hall–Kier alpha value is -1.84. The SMILES string of the molecule is CC(=O)OC1Cc2ccc(C(C)=O)c(O)c2C1. The molecule has 0 aliphatic heterocycles. The van der Waals surface area contributed by atoms with Crippen LogP contribution in [0, 0.1) is 0 Å². The van der Waals surface area contributed by atoms with Crippen LogP contribution in [0.25, 0.3) is 0 Å². The number of phenolic OH excluding ortho intramolecular Hbond substituents is 1. The maximum absolute atomic E-state index is 11.3. The highest BCUT2D eigenvalue weighted by Crippen LogP contribution is 2.34. The van der Waals surface area contributed by atoms with Crippen LogP contribution in [-0.2, 0) is 22.4 Å². The van der Waals surface area contributed by atoms with Gasteiger partial charge in [0.1, 0.15) is 11.9 Å². The van der Waals surface area contributed by atoms with E-state index in [2.05, 4.69) is 0 Å². The average molecular weight is 234 g/mol. The molecule has 0 amide bonds. The summed E-state index contributed by atoms with van der Waals surface area (Å²) in [6.45, 7) is 2.78. The lowest BCUT2D eigenvalue weighted by atomic mass is 10.0. The lowest BCUT2D eigenvalue weighted by Crippen LogP contribution is -2.15. The molecule has 1 atom stereocenters. The molecule has 0 fully saturated rings. The molecule has 17 heavy (non-hydrogen) atoms. The van der Waals surface area contributed by atoms with Gasteiger partial charge in [-0.1, -0.05) is 6.07 Å². The smallest absolute Gasteiger partial charge is 0.302 e. The molecule has 1 unspecified atom stereocenters. The second kappa shape index (κ2) is 4.20. The Morgan fingerprint density at radius 1 is 1.29 bits per heavy atom. The van der Waals surface area contributed by atoms with Crippen molar-refractivity contribution in [1.29, 1.82) is 0 Å². The molecule has 90 valence electrons. The first kappa shape index (κ1) is 11.6. The second-order valence-corrected chi connectivity index (χ2v) is 4.30.